The van der Waals surface area contributed by atoms with Crippen LogP contribution < -0.4 is 11.1 Å². The smallest absolute Gasteiger partial charge is 0.320 e. The molecule has 0 saturated carbocycles. The van der Waals surface area contributed by atoms with E-state index in [1.807, 2.05) is 49.4 Å². The van der Waals surface area contributed by atoms with E-state index in [9.17, 15) is 4.79 Å². The maximum atomic E-state index is 10.7. The average molecular weight is 270 g/mol. The van der Waals surface area contributed by atoms with E-state index in [1.54, 1.807) is 0 Å². The largest absolute Gasteiger partial charge is 0.480 e. The molecule has 0 amide bonds. The molecule has 0 heterocycles. The first-order valence-electron chi connectivity index (χ1n) is 6.45. The summed E-state index contributed by atoms with van der Waals surface area (Å²) in [5.41, 5.74) is 9.61. The molecule has 104 valence electrons. The average Bonchev–Trinajstić information content (AvgIpc) is 2.41. The highest BCUT2D eigenvalue weighted by molar-refractivity contribution is 5.73. The number of aryl methyl sites for hydroxylation is 1. The van der Waals surface area contributed by atoms with Crippen LogP contribution in [0.4, 0.5) is 11.4 Å². The van der Waals surface area contributed by atoms with Crippen molar-refractivity contribution >= 4 is 17.3 Å². The Morgan fingerprint density at radius 2 is 1.90 bits per heavy atom. The van der Waals surface area contributed by atoms with Crippen LogP contribution in [-0.2, 0) is 11.2 Å². The van der Waals surface area contributed by atoms with Crippen LogP contribution in [0.1, 0.15) is 11.1 Å². The first-order valence-corrected chi connectivity index (χ1v) is 6.45. The molecule has 2 aromatic carbocycles. The van der Waals surface area contributed by atoms with Gasteiger partial charge in [-0.1, -0.05) is 24.3 Å². The van der Waals surface area contributed by atoms with Gasteiger partial charge in [0.2, 0.25) is 0 Å². The number of carboxylic acid groups (broad SMARTS) is 1. The van der Waals surface area contributed by atoms with Crippen molar-refractivity contribution in [3.63, 3.8) is 0 Å². The zero-order chi connectivity index (χ0) is 14.5. The van der Waals surface area contributed by atoms with Gasteiger partial charge < -0.3 is 16.2 Å². The minimum absolute atomic E-state index is 0.333. The van der Waals surface area contributed by atoms with Gasteiger partial charge in [-0.25, -0.2) is 0 Å². The van der Waals surface area contributed by atoms with Crippen molar-refractivity contribution in [1.29, 1.82) is 0 Å². The van der Waals surface area contributed by atoms with Gasteiger partial charge in [0.15, 0.2) is 0 Å². The quantitative estimate of drug-likeness (QED) is 0.781. The van der Waals surface area contributed by atoms with Crippen LogP contribution in [0, 0.1) is 6.92 Å². The summed E-state index contributed by atoms with van der Waals surface area (Å²) in [6.45, 7) is 2.04. The van der Waals surface area contributed by atoms with Crippen molar-refractivity contribution in [3.05, 3.63) is 59.7 Å². The second-order valence-corrected chi connectivity index (χ2v) is 4.84. The van der Waals surface area contributed by atoms with Crippen LogP contribution in [0.2, 0.25) is 0 Å². The minimum Gasteiger partial charge on any atom is -0.480 e. The summed E-state index contributed by atoms with van der Waals surface area (Å²) in [5.74, 6) is -0.980. The molecule has 4 heteroatoms. The predicted octanol–water partition coefficient (Wildman–Crippen LogP) is 2.69. The fraction of sp³-hybridized carbons (Fsp3) is 0.188. The van der Waals surface area contributed by atoms with Gasteiger partial charge in [0.1, 0.15) is 6.04 Å². The van der Waals surface area contributed by atoms with Crippen LogP contribution in [0.3, 0.4) is 0 Å². The Kier molecular flexibility index (Phi) is 4.38. The summed E-state index contributed by atoms with van der Waals surface area (Å²) in [6, 6.07) is 14.9. The fourth-order valence-corrected chi connectivity index (χ4v) is 1.95. The summed E-state index contributed by atoms with van der Waals surface area (Å²) in [5, 5.41) is 12.1. The van der Waals surface area contributed by atoms with E-state index in [0.717, 1.165) is 16.9 Å². The monoisotopic (exact) mass is 270 g/mol. The molecular weight excluding hydrogens is 252 g/mol. The second kappa shape index (κ2) is 6.21. The molecule has 2 rings (SSSR count). The minimum atomic E-state index is -0.980. The summed E-state index contributed by atoms with van der Waals surface area (Å²) in [7, 11) is 0. The summed E-state index contributed by atoms with van der Waals surface area (Å²) in [6.07, 6.45) is 0.333. The third kappa shape index (κ3) is 3.83. The topological polar surface area (TPSA) is 75.3 Å². The number of rotatable bonds is 5. The van der Waals surface area contributed by atoms with Crippen molar-refractivity contribution in [2.45, 2.75) is 19.4 Å². The van der Waals surface area contributed by atoms with Gasteiger partial charge in [-0.3, -0.25) is 4.79 Å². The number of nitrogens with one attached hydrogen (secondary N) is 1. The molecule has 0 radical (unpaired) electrons. The number of carbonyl (C=O) groups is 1. The van der Waals surface area contributed by atoms with Crippen molar-refractivity contribution in [2.24, 2.45) is 5.73 Å². The Morgan fingerprint density at radius 3 is 2.50 bits per heavy atom. The lowest BCUT2D eigenvalue weighted by Gasteiger charge is -2.09. The van der Waals surface area contributed by atoms with E-state index in [2.05, 4.69) is 11.4 Å². The molecule has 0 fully saturated rings. The number of hydrogen-bond acceptors (Lipinski definition) is 3. The number of carboxylic acids is 1. The normalized spacial score (nSPS) is 11.9. The van der Waals surface area contributed by atoms with E-state index in [1.165, 1.54) is 5.56 Å². The molecule has 0 aliphatic heterocycles. The van der Waals surface area contributed by atoms with Gasteiger partial charge in [-0.05, 0) is 48.7 Å². The molecule has 0 bridgehead atoms. The molecule has 0 aromatic heterocycles. The highest BCUT2D eigenvalue weighted by Gasteiger charge is 2.11. The van der Waals surface area contributed by atoms with Crippen molar-refractivity contribution in [2.75, 3.05) is 5.32 Å². The number of anilines is 2. The Balaban J connectivity index is 2.03. The van der Waals surface area contributed by atoms with Crippen LogP contribution in [-0.4, -0.2) is 17.1 Å². The molecule has 0 aliphatic rings. The Morgan fingerprint density at radius 1 is 1.20 bits per heavy atom. The second-order valence-electron chi connectivity index (χ2n) is 4.84. The van der Waals surface area contributed by atoms with Gasteiger partial charge in [-0.2, -0.15) is 0 Å². The maximum absolute atomic E-state index is 10.7. The lowest BCUT2D eigenvalue weighted by molar-refractivity contribution is -0.138. The van der Waals surface area contributed by atoms with Gasteiger partial charge in [0.05, 0.1) is 0 Å². The maximum Gasteiger partial charge on any atom is 0.320 e. The van der Waals surface area contributed by atoms with E-state index >= 15 is 0 Å². The number of nitrogens with two attached hydrogens (primary N) is 1. The van der Waals surface area contributed by atoms with Crippen LogP contribution >= 0.6 is 0 Å². The SMILES string of the molecule is Cc1cccc(Nc2ccc(CC(N)C(=O)O)cc2)c1. The lowest BCUT2D eigenvalue weighted by atomic mass is 10.1. The van der Waals surface area contributed by atoms with Crippen LogP contribution in [0.5, 0.6) is 0 Å². The van der Waals surface area contributed by atoms with Gasteiger partial charge in [0, 0.05) is 11.4 Å². The molecule has 2 aromatic rings. The first-order chi connectivity index (χ1) is 9.54. The Labute approximate surface area is 118 Å². The molecule has 0 saturated heterocycles. The predicted molar refractivity (Wildman–Crippen MR) is 80.2 cm³/mol. The number of benzene rings is 2. The van der Waals surface area contributed by atoms with Crippen molar-refractivity contribution < 1.29 is 9.90 Å². The number of hydrogen-bond donors (Lipinski definition) is 3. The molecule has 1 unspecified atom stereocenters. The van der Waals surface area contributed by atoms with Crippen LogP contribution in [0.15, 0.2) is 48.5 Å². The van der Waals surface area contributed by atoms with Gasteiger partial charge in [0.25, 0.3) is 0 Å². The lowest BCUT2D eigenvalue weighted by Crippen LogP contribution is -2.32. The van der Waals surface area contributed by atoms with Gasteiger partial charge >= 0.3 is 5.97 Å². The Hall–Kier alpha value is -2.33. The Bertz CT molecular complexity index is 594. The first kappa shape index (κ1) is 14.1. The standard InChI is InChI=1S/C16H18N2O2/c1-11-3-2-4-14(9-11)18-13-7-5-12(6-8-13)10-15(17)16(19)20/h2-9,15,18H,10,17H2,1H3,(H,19,20). The highest BCUT2D eigenvalue weighted by atomic mass is 16.4. The highest BCUT2D eigenvalue weighted by Crippen LogP contribution is 2.18. The van der Waals surface area contributed by atoms with E-state index in [-0.39, 0.29) is 0 Å². The van der Waals surface area contributed by atoms with E-state index < -0.39 is 12.0 Å². The number of aliphatic carboxylic acids is 1. The zero-order valence-corrected chi connectivity index (χ0v) is 11.3. The molecule has 20 heavy (non-hydrogen) atoms. The molecule has 4 N–H and O–H groups in total. The third-order valence-electron chi connectivity index (χ3n) is 3.03. The molecule has 0 aliphatic carbocycles. The summed E-state index contributed by atoms with van der Waals surface area (Å²) < 4.78 is 0. The van der Waals surface area contributed by atoms with Crippen LogP contribution in [0.25, 0.3) is 0 Å². The van der Waals surface area contributed by atoms with Crippen molar-refractivity contribution in [1.82, 2.24) is 0 Å². The molecular formula is C16H18N2O2. The molecule has 4 nitrogen and oxygen atoms in total. The van der Waals surface area contributed by atoms with Crippen molar-refractivity contribution in [3.8, 4) is 0 Å². The summed E-state index contributed by atoms with van der Waals surface area (Å²) >= 11 is 0. The van der Waals surface area contributed by atoms with Gasteiger partial charge in [-0.15, -0.1) is 0 Å². The van der Waals surface area contributed by atoms with E-state index in [4.69, 9.17) is 10.8 Å². The zero-order valence-electron chi connectivity index (χ0n) is 11.3. The van der Waals surface area contributed by atoms with E-state index in [0.29, 0.717) is 6.42 Å². The third-order valence-corrected chi connectivity index (χ3v) is 3.03. The summed E-state index contributed by atoms with van der Waals surface area (Å²) in [4.78, 5) is 10.7. The molecule has 0 spiro atoms. The fourth-order valence-electron chi connectivity index (χ4n) is 1.95. The molecule has 1 atom stereocenters.